The topological polar surface area (TPSA) is 193 Å². The lowest BCUT2D eigenvalue weighted by Gasteiger charge is -2.31. The van der Waals surface area contributed by atoms with Crippen LogP contribution in [0.5, 0.6) is 0 Å². The van der Waals surface area contributed by atoms with Gasteiger partial charge in [0.15, 0.2) is 0 Å². The largest absolute Gasteiger partial charge is 0.444 e. The summed E-state index contributed by atoms with van der Waals surface area (Å²) in [5.41, 5.74) is 1.54. The van der Waals surface area contributed by atoms with E-state index in [0.29, 0.717) is 38.2 Å². The van der Waals surface area contributed by atoms with Crippen molar-refractivity contribution in [3.63, 3.8) is 0 Å². The second kappa shape index (κ2) is 13.9. The average molecular weight is 748 g/mol. The predicted octanol–water partition coefficient (Wildman–Crippen LogP) is 3.18. The number of allylic oxidation sites excluding steroid dienone is 1. The Morgan fingerprint density at radius 1 is 1.08 bits per heavy atom. The van der Waals surface area contributed by atoms with Gasteiger partial charge in [0.2, 0.25) is 27.7 Å². The highest BCUT2D eigenvalue weighted by Gasteiger charge is 2.62. The molecule has 3 N–H and O–H groups in total. The molecule has 8 rings (SSSR count). The van der Waals surface area contributed by atoms with Crippen molar-refractivity contribution in [2.45, 2.75) is 113 Å². The van der Waals surface area contributed by atoms with Crippen LogP contribution in [0.1, 0.15) is 86.8 Å². The maximum absolute atomic E-state index is 14.7. The van der Waals surface area contributed by atoms with Gasteiger partial charge in [-0.25, -0.2) is 13.2 Å². The SMILES string of the molecule is C=C[C@@H]1C[C@]1(NC(=O)[C@@H]1C[C@@H]2CN1C(=O)[C@H](C1CCCC1)Nc1nnc(o1)CCC/C=C/c1cccc3c1CN(C3)C(=O)O2)C(=O)NS(=O)(=O)C1CC1. The highest BCUT2D eigenvalue weighted by atomic mass is 32.2. The van der Waals surface area contributed by atoms with Gasteiger partial charge >= 0.3 is 12.1 Å². The summed E-state index contributed by atoms with van der Waals surface area (Å²) in [5.74, 6) is -2.00. The van der Waals surface area contributed by atoms with Crippen LogP contribution in [0.15, 0.2) is 41.3 Å². The number of nitrogens with zero attached hydrogens (tertiary/aromatic N) is 4. The minimum absolute atomic E-state index is 0.0169. The smallest absolute Gasteiger partial charge is 0.410 e. The summed E-state index contributed by atoms with van der Waals surface area (Å²) in [5, 5.41) is 13.8. The standard InChI is InChI=1S/C37H45N7O8S/c1-2-25-18-37(25,34(47)42-53(49,50)27-15-16-27)39-32(45)29-17-26-20-44(29)33(46)31(23-10-6-7-11-23)38-35-41-40-30(52-35)14-5-3-4-9-22-12-8-13-24-19-43(21-28(22)24)36(48)51-26/h2,4,8-9,12-13,23,25-27,29,31H,1,3,5-7,10-11,14-21H2,(H,38,41)(H,39,45)(H,42,47)/b9-4+/t25-,26-,29+,31+,37-/m1/s1. The fourth-order valence-corrected chi connectivity index (χ4v) is 9.69. The van der Waals surface area contributed by atoms with E-state index in [1.165, 1.54) is 11.0 Å². The monoisotopic (exact) mass is 747 g/mol. The molecule has 0 radical (unpaired) electrons. The Balaban J connectivity index is 1.09. The molecule has 3 saturated carbocycles. The van der Waals surface area contributed by atoms with Crippen LogP contribution in [-0.2, 0) is 48.7 Å². The number of aryl methyl sites for hydroxylation is 1. The number of fused-ring (bicyclic) bond motifs is 5. The number of hydrogen-bond acceptors (Lipinski definition) is 11. The molecule has 3 aliphatic carbocycles. The molecule has 6 aliphatic rings. The maximum Gasteiger partial charge on any atom is 0.410 e. The van der Waals surface area contributed by atoms with Crippen molar-refractivity contribution in [2.75, 3.05) is 11.9 Å². The van der Waals surface area contributed by atoms with Crippen LogP contribution in [0, 0.1) is 11.8 Å². The average Bonchev–Trinajstić information content (AvgIpc) is 3.77. The lowest BCUT2D eigenvalue weighted by atomic mass is 9.96. The third-order valence-corrected chi connectivity index (χ3v) is 13.4. The molecule has 4 amide bonds. The normalized spacial score (nSPS) is 29.6. The van der Waals surface area contributed by atoms with E-state index in [1.807, 2.05) is 18.2 Å². The van der Waals surface area contributed by atoms with Crippen molar-refractivity contribution in [2.24, 2.45) is 11.8 Å². The quantitative estimate of drug-likeness (QED) is 0.353. The van der Waals surface area contributed by atoms with E-state index in [9.17, 15) is 27.6 Å². The van der Waals surface area contributed by atoms with Crippen LogP contribution in [0.4, 0.5) is 10.8 Å². The lowest BCUT2D eigenvalue weighted by Crippen LogP contribution is -2.58. The molecule has 1 saturated heterocycles. The van der Waals surface area contributed by atoms with E-state index in [-0.39, 0.29) is 37.2 Å². The zero-order valence-corrected chi connectivity index (χ0v) is 30.3. The molecule has 53 heavy (non-hydrogen) atoms. The van der Waals surface area contributed by atoms with Crippen molar-refractivity contribution in [1.29, 1.82) is 0 Å². The van der Waals surface area contributed by atoms with Gasteiger partial charge in [-0.2, -0.15) is 0 Å². The number of anilines is 1. The van der Waals surface area contributed by atoms with Crippen LogP contribution in [0.25, 0.3) is 6.08 Å². The zero-order chi connectivity index (χ0) is 36.9. The molecular weight excluding hydrogens is 703 g/mol. The predicted molar refractivity (Wildman–Crippen MR) is 191 cm³/mol. The third-order valence-electron chi connectivity index (χ3n) is 11.6. The number of nitrogens with one attached hydrogen (secondary N) is 3. The molecule has 4 fully saturated rings. The van der Waals surface area contributed by atoms with Gasteiger partial charge in [-0.15, -0.1) is 11.7 Å². The number of carbonyl (C=O) groups is 4. The second-order valence-corrected chi connectivity index (χ2v) is 17.2. The van der Waals surface area contributed by atoms with Crippen molar-refractivity contribution >= 4 is 45.9 Å². The van der Waals surface area contributed by atoms with Crippen molar-refractivity contribution < 1.29 is 36.7 Å². The summed E-state index contributed by atoms with van der Waals surface area (Å²) >= 11 is 0. The number of benzene rings is 1. The van der Waals surface area contributed by atoms with Crippen LogP contribution >= 0.6 is 0 Å². The van der Waals surface area contributed by atoms with Gasteiger partial charge < -0.3 is 24.7 Å². The van der Waals surface area contributed by atoms with E-state index >= 15 is 0 Å². The van der Waals surface area contributed by atoms with Gasteiger partial charge in [0.25, 0.3) is 5.91 Å². The maximum atomic E-state index is 14.7. The molecule has 1 aromatic heterocycles. The summed E-state index contributed by atoms with van der Waals surface area (Å²) < 4.78 is 39.6. The van der Waals surface area contributed by atoms with Gasteiger partial charge in [0, 0.05) is 25.3 Å². The Bertz CT molecular complexity index is 1950. The highest BCUT2D eigenvalue weighted by molar-refractivity contribution is 7.91. The third kappa shape index (κ3) is 7.04. The molecular formula is C37H45N7O8S. The van der Waals surface area contributed by atoms with Crippen LogP contribution in [0.2, 0.25) is 0 Å². The number of sulfonamides is 1. The number of amides is 4. The van der Waals surface area contributed by atoms with Gasteiger partial charge in [-0.05, 0) is 67.6 Å². The molecule has 0 unspecified atom stereocenters. The lowest BCUT2D eigenvalue weighted by molar-refractivity contribution is -0.141. The summed E-state index contributed by atoms with van der Waals surface area (Å²) in [6.07, 6.45) is 10.9. The number of hydrogen-bond donors (Lipinski definition) is 3. The van der Waals surface area contributed by atoms with Crippen LogP contribution in [-0.4, -0.2) is 87.8 Å². The minimum Gasteiger partial charge on any atom is -0.444 e. The fourth-order valence-electron chi connectivity index (χ4n) is 8.32. The zero-order valence-electron chi connectivity index (χ0n) is 29.5. The molecule has 16 heteroatoms. The number of ether oxygens (including phenoxy) is 1. The van der Waals surface area contributed by atoms with Crippen LogP contribution in [0.3, 0.4) is 0 Å². The molecule has 282 valence electrons. The number of rotatable bonds is 7. The van der Waals surface area contributed by atoms with Crippen molar-refractivity contribution in [3.8, 4) is 0 Å². The summed E-state index contributed by atoms with van der Waals surface area (Å²) in [7, 11) is -3.89. The molecule has 4 heterocycles. The first-order valence-electron chi connectivity index (χ1n) is 18.7. The van der Waals surface area contributed by atoms with Gasteiger partial charge in [-0.3, -0.25) is 24.0 Å². The van der Waals surface area contributed by atoms with E-state index in [4.69, 9.17) is 9.15 Å². The van der Waals surface area contributed by atoms with Gasteiger partial charge in [-0.1, -0.05) is 54.4 Å². The highest BCUT2D eigenvalue weighted by Crippen LogP contribution is 2.45. The summed E-state index contributed by atoms with van der Waals surface area (Å²) in [6, 6.07) is 4.15. The molecule has 3 aliphatic heterocycles. The molecule has 2 aromatic rings. The Labute approximate surface area is 308 Å². The van der Waals surface area contributed by atoms with Gasteiger partial charge in [0.05, 0.1) is 18.3 Å². The molecule has 5 atom stereocenters. The fraction of sp³-hybridized carbons (Fsp3) is 0.568. The van der Waals surface area contributed by atoms with E-state index in [0.717, 1.165) is 55.2 Å². The number of carbonyl (C=O) groups excluding carboxylic acids is 4. The molecule has 6 bridgehead atoms. The van der Waals surface area contributed by atoms with Crippen LogP contribution < -0.4 is 15.4 Å². The Morgan fingerprint density at radius 2 is 1.89 bits per heavy atom. The van der Waals surface area contributed by atoms with Crippen molar-refractivity contribution in [1.82, 2.24) is 30.0 Å². The Morgan fingerprint density at radius 3 is 2.64 bits per heavy atom. The summed E-state index contributed by atoms with van der Waals surface area (Å²) in [4.78, 5) is 59.2. The van der Waals surface area contributed by atoms with Crippen molar-refractivity contribution in [3.05, 3.63) is 59.5 Å². The molecule has 15 nitrogen and oxygen atoms in total. The first-order chi connectivity index (χ1) is 25.5. The minimum atomic E-state index is -3.89. The van der Waals surface area contributed by atoms with E-state index in [2.05, 4.69) is 44.3 Å². The van der Waals surface area contributed by atoms with Gasteiger partial charge in [0.1, 0.15) is 23.7 Å². The number of aromatic nitrogens is 2. The van der Waals surface area contributed by atoms with E-state index < -0.39 is 62.8 Å². The first kappa shape index (κ1) is 35.3. The second-order valence-electron chi connectivity index (χ2n) is 15.2. The molecule has 0 spiro atoms. The Kier molecular flexibility index (Phi) is 9.27. The summed E-state index contributed by atoms with van der Waals surface area (Å²) in [6.45, 7) is 4.45. The Hall–Kier alpha value is -4.73. The molecule has 1 aromatic carbocycles. The van der Waals surface area contributed by atoms with E-state index in [1.54, 1.807) is 4.90 Å². The first-order valence-corrected chi connectivity index (χ1v) is 20.2.